The van der Waals surface area contributed by atoms with Crippen LogP contribution in [0.25, 0.3) is 11.2 Å². The van der Waals surface area contributed by atoms with Crippen molar-refractivity contribution in [3.63, 3.8) is 0 Å². The summed E-state index contributed by atoms with van der Waals surface area (Å²) in [5.41, 5.74) is 4.15. The molecule has 5 rings (SSSR count). The maximum Gasteiger partial charge on any atom is 0.280 e. The highest BCUT2D eigenvalue weighted by molar-refractivity contribution is 8.68. The van der Waals surface area contributed by atoms with E-state index in [1.165, 1.54) is 16.5 Å². The molecule has 3 fully saturated rings. The Bertz CT molecular complexity index is 1450. The predicted molar refractivity (Wildman–Crippen MR) is 168 cm³/mol. The summed E-state index contributed by atoms with van der Waals surface area (Å²) in [6.45, 7) is 19.2. The third-order valence-corrected chi connectivity index (χ3v) is 19.4. The summed E-state index contributed by atoms with van der Waals surface area (Å²) in [6.07, 6.45) is 0.993. The Kier molecular flexibility index (Phi) is 8.26. The Labute approximate surface area is 251 Å². The van der Waals surface area contributed by atoms with Crippen LogP contribution in [0.2, 0.25) is 18.1 Å². The van der Waals surface area contributed by atoms with Crippen molar-refractivity contribution in [3.05, 3.63) is 28.8 Å². The lowest BCUT2D eigenvalue weighted by atomic mass is 9.77. The molecule has 228 valence electrons. The molecule has 0 aromatic carbocycles. The first kappa shape index (κ1) is 31.3. The maximum absolute atomic E-state index is 12.4. The number of aromatic amines is 1. The van der Waals surface area contributed by atoms with Gasteiger partial charge in [0.1, 0.15) is 18.3 Å². The van der Waals surface area contributed by atoms with Gasteiger partial charge in [-0.2, -0.15) is 4.98 Å². The first-order chi connectivity index (χ1) is 18.9. The zero-order chi connectivity index (χ0) is 30.1. The SMILES string of the molecule is C=C(C)[C@@H]1CC[C@]2(C)S[P@@](=S)(OC[C@H]3O[C@@H](n4cnc5c(=O)[nH]c(N)nc54)[C@H](O)C3O[Si](C)(C)C(C)(C)C)O[C@H]2C1. The third kappa shape index (κ3) is 5.88. The molecule has 15 heteroatoms. The van der Waals surface area contributed by atoms with Gasteiger partial charge in [0.15, 0.2) is 25.7 Å². The highest BCUT2D eigenvalue weighted by atomic mass is 32.9. The lowest BCUT2D eigenvalue weighted by molar-refractivity contribution is -0.0475. The molecule has 2 aromatic rings. The van der Waals surface area contributed by atoms with Gasteiger partial charge in [0.2, 0.25) is 11.6 Å². The minimum Gasteiger partial charge on any atom is -0.408 e. The van der Waals surface area contributed by atoms with Crippen molar-refractivity contribution < 1.29 is 23.3 Å². The van der Waals surface area contributed by atoms with Gasteiger partial charge in [-0.05, 0) is 69.0 Å². The molecular formula is C26H42N5O6PS2Si. The average Bonchev–Trinajstić information content (AvgIpc) is 3.48. The zero-order valence-electron chi connectivity index (χ0n) is 24.7. The lowest BCUT2D eigenvalue weighted by Gasteiger charge is -2.40. The molecule has 4 N–H and O–H groups in total. The minimum absolute atomic E-state index is 0.00262. The molecule has 0 spiro atoms. The van der Waals surface area contributed by atoms with Crippen molar-refractivity contribution in [2.24, 2.45) is 5.92 Å². The summed E-state index contributed by atoms with van der Waals surface area (Å²) in [5.74, 6) is 0.370. The molecule has 41 heavy (non-hydrogen) atoms. The summed E-state index contributed by atoms with van der Waals surface area (Å²) >= 11 is 7.65. The number of nitrogen functional groups attached to an aromatic ring is 1. The molecule has 8 atom stereocenters. The van der Waals surface area contributed by atoms with Gasteiger partial charge in [0, 0.05) is 4.75 Å². The fraction of sp³-hybridized carbons (Fsp3) is 0.731. The third-order valence-electron chi connectivity index (χ3n) is 9.11. The number of aliphatic hydroxyl groups excluding tert-OH is 1. The largest absolute Gasteiger partial charge is 0.408 e. The standard InChI is InChI=1S/C26H42N5O6PS2Si/c1-14(2)15-9-10-26(6)17(11-15)36-38(39,40-26)34-12-16-20(37-41(7,8)25(3,4)5)19(32)23(35-16)31-13-28-18-21(31)29-24(27)30-22(18)33/h13,15-17,19-20,23,32H,1,9-12H2,2-8H3,(H3,27,29,30,33)/t15-,16-,17+,19-,20?,23-,26+,38+/m1/s1. The number of hydrogen-bond donors (Lipinski definition) is 3. The molecule has 1 unspecified atom stereocenters. The highest BCUT2D eigenvalue weighted by Gasteiger charge is 2.55. The van der Waals surface area contributed by atoms with E-state index in [2.05, 4.69) is 69.2 Å². The van der Waals surface area contributed by atoms with Crippen molar-refractivity contribution in [1.29, 1.82) is 0 Å². The quantitative estimate of drug-likeness (QED) is 0.216. The number of ether oxygens (including phenoxy) is 1. The first-order valence-electron chi connectivity index (χ1n) is 14.0. The van der Waals surface area contributed by atoms with Crippen molar-refractivity contribution in [2.75, 3.05) is 12.3 Å². The van der Waals surface area contributed by atoms with E-state index in [1.807, 2.05) is 0 Å². The van der Waals surface area contributed by atoms with Crippen LogP contribution in [0.4, 0.5) is 5.95 Å². The Morgan fingerprint density at radius 2 is 2.17 bits per heavy atom. The summed E-state index contributed by atoms with van der Waals surface area (Å²) in [6, 6.07) is 0. The number of rotatable bonds is 7. The molecule has 3 aliphatic rings. The van der Waals surface area contributed by atoms with Crippen molar-refractivity contribution in [3.8, 4) is 0 Å². The number of imidazole rings is 1. The van der Waals surface area contributed by atoms with E-state index >= 15 is 0 Å². The van der Waals surface area contributed by atoms with E-state index in [1.54, 1.807) is 11.4 Å². The zero-order valence-corrected chi connectivity index (χ0v) is 28.3. The van der Waals surface area contributed by atoms with Gasteiger partial charge in [-0.3, -0.25) is 14.3 Å². The summed E-state index contributed by atoms with van der Waals surface area (Å²) < 4.78 is 27.5. The first-order valence-corrected chi connectivity index (χ1v) is 20.9. The van der Waals surface area contributed by atoms with Crippen LogP contribution < -0.4 is 11.3 Å². The van der Waals surface area contributed by atoms with Gasteiger partial charge < -0.3 is 29.1 Å². The molecule has 2 saturated heterocycles. The van der Waals surface area contributed by atoms with Crippen molar-refractivity contribution >= 4 is 54.3 Å². The van der Waals surface area contributed by atoms with Crippen LogP contribution in [0.3, 0.4) is 0 Å². The highest BCUT2D eigenvalue weighted by Crippen LogP contribution is 2.75. The van der Waals surface area contributed by atoms with Crippen LogP contribution in [-0.2, 0) is 30.0 Å². The molecule has 4 heterocycles. The fourth-order valence-corrected chi connectivity index (χ4v) is 13.9. The van der Waals surface area contributed by atoms with Gasteiger partial charge in [0.25, 0.3) is 5.56 Å². The molecule has 2 aromatic heterocycles. The van der Waals surface area contributed by atoms with Gasteiger partial charge in [-0.1, -0.05) is 44.3 Å². The van der Waals surface area contributed by atoms with Crippen LogP contribution in [0.5, 0.6) is 0 Å². The second-order valence-electron chi connectivity index (χ2n) is 13.2. The Balaban J connectivity index is 1.40. The molecule has 1 saturated carbocycles. The summed E-state index contributed by atoms with van der Waals surface area (Å²) in [7, 11) is -2.35. The van der Waals surface area contributed by atoms with Crippen LogP contribution in [0, 0.1) is 5.92 Å². The van der Waals surface area contributed by atoms with E-state index < -0.39 is 44.1 Å². The summed E-state index contributed by atoms with van der Waals surface area (Å²) in [5, 5.41) is 11.5. The van der Waals surface area contributed by atoms with E-state index in [0.717, 1.165) is 19.3 Å². The lowest BCUT2D eigenvalue weighted by Crippen LogP contribution is -2.49. The van der Waals surface area contributed by atoms with Gasteiger partial charge >= 0.3 is 0 Å². The topological polar surface area (TPSA) is 147 Å². The Morgan fingerprint density at radius 1 is 1.46 bits per heavy atom. The maximum atomic E-state index is 12.4. The number of H-pyrrole nitrogens is 1. The number of allylic oxidation sites excluding steroid dienone is 1. The minimum atomic E-state index is -2.69. The van der Waals surface area contributed by atoms with Gasteiger partial charge in [-0.25, -0.2) is 4.98 Å². The second-order valence-corrected chi connectivity index (χ2v) is 24.6. The Morgan fingerprint density at radius 3 is 2.83 bits per heavy atom. The summed E-state index contributed by atoms with van der Waals surface area (Å²) in [4.78, 5) is 23.3. The number of fused-ring (bicyclic) bond motifs is 2. The van der Waals surface area contributed by atoms with Crippen molar-refractivity contribution in [2.45, 2.75) is 107 Å². The number of hydrogen-bond acceptors (Lipinski definition) is 11. The number of anilines is 1. The number of nitrogens with one attached hydrogen (secondary N) is 1. The fourth-order valence-electron chi connectivity index (χ4n) is 5.48. The van der Waals surface area contributed by atoms with Crippen LogP contribution in [0.15, 0.2) is 23.3 Å². The second kappa shape index (κ2) is 10.8. The molecule has 0 radical (unpaired) electrons. The molecule has 0 bridgehead atoms. The van der Waals surface area contributed by atoms with E-state index in [4.69, 9.17) is 35.8 Å². The van der Waals surface area contributed by atoms with Crippen molar-refractivity contribution in [1.82, 2.24) is 19.5 Å². The molecule has 0 amide bonds. The smallest absolute Gasteiger partial charge is 0.280 e. The normalized spacial score (nSPS) is 36.1. The van der Waals surface area contributed by atoms with Gasteiger partial charge in [0.05, 0.1) is 19.0 Å². The molecule has 1 aliphatic carbocycles. The van der Waals surface area contributed by atoms with Gasteiger partial charge in [-0.15, -0.1) is 0 Å². The molecular weight excluding hydrogens is 602 g/mol. The Hall–Kier alpha value is -1.09. The van der Waals surface area contributed by atoms with E-state index in [9.17, 15) is 9.90 Å². The van der Waals surface area contributed by atoms with Crippen LogP contribution >= 0.6 is 17.1 Å². The monoisotopic (exact) mass is 643 g/mol. The average molecular weight is 644 g/mol. The number of aromatic nitrogens is 4. The molecule has 11 nitrogen and oxygen atoms in total. The number of aliphatic hydroxyl groups is 1. The van der Waals surface area contributed by atoms with E-state index in [0.29, 0.717) is 5.92 Å². The molecule has 2 aliphatic heterocycles. The number of nitrogens with zero attached hydrogens (tertiary/aromatic N) is 3. The van der Waals surface area contributed by atoms with Crippen LogP contribution in [-0.4, -0.2) is 68.7 Å². The number of nitrogens with two attached hydrogens (primary N) is 1. The van der Waals surface area contributed by atoms with Crippen LogP contribution in [0.1, 0.15) is 60.1 Å². The van der Waals surface area contributed by atoms with E-state index in [-0.39, 0.29) is 39.6 Å². The predicted octanol–water partition coefficient (Wildman–Crippen LogP) is 4.86.